The Morgan fingerprint density at radius 1 is 1.29 bits per heavy atom. The van der Waals surface area contributed by atoms with Crippen LogP contribution < -0.4 is 10.6 Å². The van der Waals surface area contributed by atoms with Gasteiger partial charge in [0.1, 0.15) is 5.82 Å². The third-order valence-corrected chi connectivity index (χ3v) is 5.34. The zero-order chi connectivity index (χ0) is 25.2. The van der Waals surface area contributed by atoms with Crippen molar-refractivity contribution in [3.63, 3.8) is 0 Å². The van der Waals surface area contributed by atoms with Crippen LogP contribution in [0.3, 0.4) is 0 Å². The van der Waals surface area contributed by atoms with E-state index in [1.165, 1.54) is 24.4 Å². The van der Waals surface area contributed by atoms with Gasteiger partial charge in [0.15, 0.2) is 0 Å². The van der Waals surface area contributed by atoms with Crippen LogP contribution in [-0.2, 0) is 11.9 Å². The molecule has 0 spiro atoms. The van der Waals surface area contributed by atoms with E-state index in [0.29, 0.717) is 24.9 Å². The topological polar surface area (TPSA) is 111 Å². The number of anilines is 2. The first kappa shape index (κ1) is 16.0. The number of hydrogen-bond acceptors (Lipinski definition) is 6. The van der Waals surface area contributed by atoms with E-state index in [0.717, 1.165) is 5.56 Å². The molecular formula is C24H23N5O2. The summed E-state index contributed by atoms with van der Waals surface area (Å²) in [5.41, 5.74) is 0.637. The number of nitrogens with zero attached hydrogens (tertiary/aromatic N) is 3. The van der Waals surface area contributed by atoms with Crippen molar-refractivity contribution >= 4 is 17.4 Å². The Morgan fingerprint density at radius 2 is 2.06 bits per heavy atom. The standard InChI is InChI=1S/C24H23N5O2/c25-16-24(10-7-20(30)14-24)18-3-5-19(6-4-18)29-23(31)21-2-1-11-27-22(21)28-15-17-8-12-26-13-9-17/h1-6,8-9,11-13,20,30H,7,10,14-15H2,(H,27,28)(H,29,31)/t20-,24-/m0/s1/i12D,13D,15D2. The SMILES string of the molecule is [2H]c1cc(C([2H])([2H])Nc2ncccc2C(=O)Nc2ccc([C@@]3(C#N)CC[C@H](O)C3)cc2)cc([2H])n1. The molecule has 1 aliphatic rings. The van der Waals surface area contributed by atoms with Crippen LogP contribution in [0.4, 0.5) is 11.5 Å². The molecule has 4 rings (SSSR count). The Bertz CT molecular complexity index is 1280. The van der Waals surface area contributed by atoms with E-state index in [2.05, 4.69) is 26.7 Å². The first-order valence-electron chi connectivity index (χ1n) is 11.8. The Kier molecular flexibility index (Phi) is 4.61. The molecule has 0 bridgehead atoms. The third-order valence-electron chi connectivity index (χ3n) is 5.34. The molecule has 156 valence electrons. The molecule has 0 unspecified atom stereocenters. The predicted molar refractivity (Wildman–Crippen MR) is 117 cm³/mol. The average molecular weight is 418 g/mol. The summed E-state index contributed by atoms with van der Waals surface area (Å²) in [6.07, 6.45) is 1.95. The van der Waals surface area contributed by atoms with Crippen molar-refractivity contribution < 1.29 is 15.4 Å². The summed E-state index contributed by atoms with van der Waals surface area (Å²) in [5, 5.41) is 24.9. The number of amides is 1. The maximum absolute atomic E-state index is 13.0. The fraction of sp³-hybridized carbons (Fsp3) is 0.250. The lowest BCUT2D eigenvalue weighted by Gasteiger charge is -2.21. The highest BCUT2D eigenvalue weighted by atomic mass is 16.3. The third kappa shape index (κ3) is 4.55. The summed E-state index contributed by atoms with van der Waals surface area (Å²) in [4.78, 5) is 20.7. The minimum atomic E-state index is -2.23. The molecule has 2 atom stereocenters. The van der Waals surface area contributed by atoms with E-state index in [1.807, 2.05) is 0 Å². The van der Waals surface area contributed by atoms with Crippen LogP contribution in [0.15, 0.2) is 67.1 Å². The molecule has 1 amide bonds. The van der Waals surface area contributed by atoms with Crippen LogP contribution in [0.1, 0.15) is 46.2 Å². The van der Waals surface area contributed by atoms with Gasteiger partial charge in [-0.25, -0.2) is 4.98 Å². The fourth-order valence-corrected chi connectivity index (χ4v) is 3.69. The molecule has 3 aromatic rings. The Labute approximate surface area is 186 Å². The Balaban J connectivity index is 1.53. The second-order valence-corrected chi connectivity index (χ2v) is 7.39. The maximum Gasteiger partial charge on any atom is 0.259 e. The van der Waals surface area contributed by atoms with E-state index in [1.54, 1.807) is 30.3 Å². The van der Waals surface area contributed by atoms with E-state index in [9.17, 15) is 15.2 Å². The van der Waals surface area contributed by atoms with Gasteiger partial charge in [0.2, 0.25) is 0 Å². The summed E-state index contributed by atoms with van der Waals surface area (Å²) in [6, 6.07) is 14.7. The molecule has 7 nitrogen and oxygen atoms in total. The lowest BCUT2D eigenvalue weighted by atomic mass is 9.80. The fourth-order valence-electron chi connectivity index (χ4n) is 3.69. The van der Waals surface area contributed by atoms with Crippen molar-refractivity contribution in [1.29, 1.82) is 5.26 Å². The maximum atomic E-state index is 13.0. The summed E-state index contributed by atoms with van der Waals surface area (Å²) >= 11 is 0. The first-order chi connectivity index (χ1) is 16.6. The average Bonchev–Trinajstić information content (AvgIpc) is 3.21. The monoisotopic (exact) mass is 417 g/mol. The van der Waals surface area contributed by atoms with Crippen LogP contribution in [0.2, 0.25) is 0 Å². The van der Waals surface area contributed by atoms with Crippen molar-refractivity contribution in [3.8, 4) is 6.07 Å². The number of hydrogen-bond donors (Lipinski definition) is 3. The van der Waals surface area contributed by atoms with E-state index >= 15 is 0 Å². The highest BCUT2D eigenvalue weighted by molar-refractivity contribution is 6.07. The molecule has 2 aromatic heterocycles. The van der Waals surface area contributed by atoms with Gasteiger partial charge >= 0.3 is 0 Å². The first-order valence-corrected chi connectivity index (χ1v) is 9.82. The molecule has 0 radical (unpaired) electrons. The molecule has 1 aromatic carbocycles. The number of aromatic nitrogens is 2. The summed E-state index contributed by atoms with van der Waals surface area (Å²) in [6.45, 7) is -2.23. The van der Waals surface area contributed by atoms with Gasteiger partial charge in [-0.05, 0) is 66.8 Å². The number of rotatable bonds is 6. The van der Waals surface area contributed by atoms with Crippen LogP contribution in [0.5, 0.6) is 0 Å². The van der Waals surface area contributed by atoms with Crippen molar-refractivity contribution in [2.24, 2.45) is 0 Å². The number of aliphatic hydroxyl groups is 1. The number of nitrogens with one attached hydrogen (secondary N) is 2. The van der Waals surface area contributed by atoms with E-state index in [-0.39, 0.29) is 29.3 Å². The van der Waals surface area contributed by atoms with Gasteiger partial charge in [0, 0.05) is 30.7 Å². The highest BCUT2D eigenvalue weighted by Crippen LogP contribution is 2.41. The molecule has 1 saturated carbocycles. The van der Waals surface area contributed by atoms with Crippen LogP contribution in [0.25, 0.3) is 0 Å². The normalized spacial score (nSPS) is 22.4. The lowest BCUT2D eigenvalue weighted by Crippen LogP contribution is -2.21. The molecular weight excluding hydrogens is 390 g/mol. The van der Waals surface area contributed by atoms with Crippen molar-refractivity contribution in [1.82, 2.24) is 9.97 Å². The molecule has 0 aliphatic heterocycles. The minimum Gasteiger partial charge on any atom is -0.393 e. The molecule has 0 saturated heterocycles. The predicted octanol–water partition coefficient (Wildman–Crippen LogP) is 3.65. The second kappa shape index (κ2) is 8.94. The van der Waals surface area contributed by atoms with Gasteiger partial charge in [-0.15, -0.1) is 0 Å². The minimum absolute atomic E-state index is 0.00938. The van der Waals surface area contributed by atoms with Gasteiger partial charge in [-0.2, -0.15) is 5.26 Å². The highest BCUT2D eigenvalue weighted by Gasteiger charge is 2.40. The number of pyridine rings is 2. The van der Waals surface area contributed by atoms with Crippen LogP contribution >= 0.6 is 0 Å². The number of carbonyl (C=O) groups is 1. The number of nitriles is 1. The summed E-state index contributed by atoms with van der Waals surface area (Å²) in [5.74, 6) is -0.530. The summed E-state index contributed by atoms with van der Waals surface area (Å²) < 4.78 is 32.0. The van der Waals surface area contributed by atoms with Gasteiger partial charge in [0.25, 0.3) is 5.91 Å². The van der Waals surface area contributed by atoms with E-state index < -0.39 is 23.9 Å². The Hall–Kier alpha value is -3.76. The van der Waals surface area contributed by atoms with Crippen molar-refractivity contribution in [2.45, 2.75) is 37.3 Å². The Morgan fingerprint density at radius 3 is 2.74 bits per heavy atom. The molecule has 1 aliphatic carbocycles. The zero-order valence-electron chi connectivity index (χ0n) is 20.6. The number of aliphatic hydroxyl groups excluding tert-OH is 1. The smallest absolute Gasteiger partial charge is 0.259 e. The lowest BCUT2D eigenvalue weighted by molar-refractivity contribution is 0.102. The van der Waals surface area contributed by atoms with Gasteiger partial charge in [-0.1, -0.05) is 12.1 Å². The summed E-state index contributed by atoms with van der Waals surface area (Å²) in [7, 11) is 0. The van der Waals surface area contributed by atoms with Crippen molar-refractivity contribution in [2.75, 3.05) is 10.6 Å². The molecule has 3 N–H and O–H groups in total. The molecule has 31 heavy (non-hydrogen) atoms. The molecule has 2 heterocycles. The second-order valence-electron chi connectivity index (χ2n) is 7.39. The van der Waals surface area contributed by atoms with Crippen LogP contribution in [-0.4, -0.2) is 27.1 Å². The quantitative estimate of drug-likeness (QED) is 0.565. The van der Waals surface area contributed by atoms with Crippen LogP contribution in [0, 0.1) is 11.3 Å². The largest absolute Gasteiger partial charge is 0.393 e. The van der Waals surface area contributed by atoms with Crippen molar-refractivity contribution in [3.05, 3.63) is 83.8 Å². The van der Waals surface area contributed by atoms with E-state index in [4.69, 9.17) is 5.48 Å². The number of benzene rings is 1. The number of carbonyl (C=O) groups excluding carboxylic acids is 1. The molecule has 7 heteroatoms. The zero-order valence-corrected chi connectivity index (χ0v) is 16.6. The van der Waals surface area contributed by atoms with Gasteiger partial charge in [-0.3, -0.25) is 9.78 Å². The van der Waals surface area contributed by atoms with Gasteiger partial charge < -0.3 is 15.7 Å². The molecule has 1 fully saturated rings. The van der Waals surface area contributed by atoms with Gasteiger partial charge in [0.05, 0.1) is 28.6 Å².